The smallest absolute Gasteiger partial charge is 0.272 e. The molecule has 2 aromatic rings. The van der Waals surface area contributed by atoms with Crippen LogP contribution in [0.25, 0.3) is 0 Å². The van der Waals surface area contributed by atoms with Crippen molar-refractivity contribution in [2.45, 2.75) is 32.2 Å². The SMILES string of the molecule is CCNc1cncc(C(=O)NC2CCCc3sccc32)n1. The fourth-order valence-electron chi connectivity index (χ4n) is 2.61. The molecule has 5 nitrogen and oxygen atoms in total. The average Bonchev–Trinajstić information content (AvgIpc) is 2.97. The second kappa shape index (κ2) is 6.22. The van der Waals surface area contributed by atoms with Gasteiger partial charge in [-0.3, -0.25) is 9.78 Å². The van der Waals surface area contributed by atoms with Crippen LogP contribution in [0.15, 0.2) is 23.8 Å². The van der Waals surface area contributed by atoms with Gasteiger partial charge in [0.05, 0.1) is 18.4 Å². The van der Waals surface area contributed by atoms with Crippen LogP contribution in [0, 0.1) is 0 Å². The molecule has 21 heavy (non-hydrogen) atoms. The lowest BCUT2D eigenvalue weighted by Crippen LogP contribution is -2.31. The van der Waals surface area contributed by atoms with Gasteiger partial charge in [-0.25, -0.2) is 4.98 Å². The number of aryl methyl sites for hydroxylation is 1. The first-order chi connectivity index (χ1) is 10.3. The molecular formula is C15H18N4OS. The highest BCUT2D eigenvalue weighted by molar-refractivity contribution is 7.10. The van der Waals surface area contributed by atoms with Gasteiger partial charge in [-0.2, -0.15) is 0 Å². The summed E-state index contributed by atoms with van der Waals surface area (Å²) in [6.07, 6.45) is 6.35. The number of aromatic nitrogens is 2. The molecule has 0 aromatic carbocycles. The number of hydrogen-bond acceptors (Lipinski definition) is 5. The van der Waals surface area contributed by atoms with E-state index in [0.717, 1.165) is 25.8 Å². The first kappa shape index (κ1) is 14.0. The highest BCUT2D eigenvalue weighted by Gasteiger charge is 2.23. The summed E-state index contributed by atoms with van der Waals surface area (Å²) in [5.74, 6) is 0.469. The summed E-state index contributed by atoms with van der Waals surface area (Å²) < 4.78 is 0. The molecular weight excluding hydrogens is 284 g/mol. The monoisotopic (exact) mass is 302 g/mol. The van der Waals surface area contributed by atoms with Crippen molar-refractivity contribution < 1.29 is 4.79 Å². The maximum atomic E-state index is 12.4. The van der Waals surface area contributed by atoms with Crippen LogP contribution in [0.2, 0.25) is 0 Å². The molecule has 0 radical (unpaired) electrons. The van der Waals surface area contributed by atoms with E-state index in [0.29, 0.717) is 11.5 Å². The van der Waals surface area contributed by atoms with Crippen LogP contribution in [-0.4, -0.2) is 22.4 Å². The van der Waals surface area contributed by atoms with Gasteiger partial charge in [-0.05, 0) is 43.2 Å². The molecule has 6 heteroatoms. The fourth-order valence-corrected chi connectivity index (χ4v) is 3.60. The topological polar surface area (TPSA) is 66.9 Å². The summed E-state index contributed by atoms with van der Waals surface area (Å²) in [5.41, 5.74) is 1.62. The highest BCUT2D eigenvalue weighted by atomic mass is 32.1. The van der Waals surface area contributed by atoms with E-state index in [4.69, 9.17) is 0 Å². The van der Waals surface area contributed by atoms with E-state index in [9.17, 15) is 4.79 Å². The van der Waals surface area contributed by atoms with Crippen LogP contribution < -0.4 is 10.6 Å². The number of hydrogen-bond donors (Lipinski definition) is 2. The first-order valence-corrected chi connectivity index (χ1v) is 8.09. The quantitative estimate of drug-likeness (QED) is 0.911. The molecule has 0 aliphatic heterocycles. The molecule has 0 saturated carbocycles. The van der Waals surface area contributed by atoms with Gasteiger partial charge in [0.25, 0.3) is 5.91 Å². The molecule has 1 unspecified atom stereocenters. The lowest BCUT2D eigenvalue weighted by atomic mass is 9.94. The molecule has 1 atom stereocenters. The van der Waals surface area contributed by atoms with Crippen molar-refractivity contribution in [2.75, 3.05) is 11.9 Å². The zero-order valence-electron chi connectivity index (χ0n) is 11.9. The van der Waals surface area contributed by atoms with Gasteiger partial charge < -0.3 is 10.6 Å². The Labute approximate surface area is 127 Å². The molecule has 0 bridgehead atoms. The number of nitrogens with one attached hydrogen (secondary N) is 2. The normalized spacial score (nSPS) is 17.1. The Morgan fingerprint density at radius 2 is 2.38 bits per heavy atom. The zero-order chi connectivity index (χ0) is 14.7. The molecule has 1 aliphatic carbocycles. The van der Waals surface area contributed by atoms with Crippen LogP contribution in [0.4, 0.5) is 5.82 Å². The summed E-state index contributed by atoms with van der Waals surface area (Å²) in [5, 5.41) is 8.25. The molecule has 110 valence electrons. The van der Waals surface area contributed by atoms with E-state index in [1.54, 1.807) is 17.5 Å². The van der Waals surface area contributed by atoms with Gasteiger partial charge in [0.15, 0.2) is 0 Å². The van der Waals surface area contributed by atoms with E-state index in [1.807, 2.05) is 6.92 Å². The Bertz CT molecular complexity index is 640. The van der Waals surface area contributed by atoms with Crippen LogP contribution in [0.3, 0.4) is 0 Å². The second-order valence-corrected chi connectivity index (χ2v) is 6.04. The van der Waals surface area contributed by atoms with Gasteiger partial charge in [0, 0.05) is 11.4 Å². The number of carbonyl (C=O) groups is 1. The number of fused-ring (bicyclic) bond motifs is 1. The van der Waals surface area contributed by atoms with Crippen molar-refractivity contribution >= 4 is 23.1 Å². The number of anilines is 1. The zero-order valence-corrected chi connectivity index (χ0v) is 12.7. The Morgan fingerprint density at radius 3 is 3.24 bits per heavy atom. The minimum absolute atomic E-state index is 0.0945. The maximum Gasteiger partial charge on any atom is 0.272 e. The van der Waals surface area contributed by atoms with Crippen LogP contribution in [0.1, 0.15) is 46.7 Å². The van der Waals surface area contributed by atoms with E-state index in [2.05, 4.69) is 32.0 Å². The highest BCUT2D eigenvalue weighted by Crippen LogP contribution is 2.33. The van der Waals surface area contributed by atoms with Crippen molar-refractivity contribution in [3.05, 3.63) is 40.0 Å². The first-order valence-electron chi connectivity index (χ1n) is 7.21. The minimum Gasteiger partial charge on any atom is -0.369 e. The Hall–Kier alpha value is -1.95. The van der Waals surface area contributed by atoms with Gasteiger partial charge in [0.2, 0.25) is 0 Å². The van der Waals surface area contributed by atoms with E-state index in [1.165, 1.54) is 16.6 Å². The standard InChI is InChI=1S/C15H18N4OS/c1-2-17-14-9-16-8-12(18-14)15(20)19-11-4-3-5-13-10(11)6-7-21-13/h6-9,11H,2-5H2,1H3,(H,17,18)(H,19,20). The largest absolute Gasteiger partial charge is 0.369 e. The van der Waals surface area contributed by atoms with Crippen molar-refractivity contribution in [1.29, 1.82) is 0 Å². The summed E-state index contributed by atoms with van der Waals surface area (Å²) in [6.45, 7) is 2.73. The second-order valence-electron chi connectivity index (χ2n) is 5.04. The minimum atomic E-state index is -0.161. The van der Waals surface area contributed by atoms with Gasteiger partial charge >= 0.3 is 0 Å². The number of nitrogens with zero attached hydrogens (tertiary/aromatic N) is 2. The van der Waals surface area contributed by atoms with Crippen LogP contribution in [0.5, 0.6) is 0 Å². The van der Waals surface area contributed by atoms with Gasteiger partial charge in [0.1, 0.15) is 11.5 Å². The third-order valence-electron chi connectivity index (χ3n) is 3.58. The molecule has 1 amide bonds. The summed E-state index contributed by atoms with van der Waals surface area (Å²) in [6, 6.07) is 2.21. The lowest BCUT2D eigenvalue weighted by molar-refractivity contribution is 0.0927. The third kappa shape index (κ3) is 3.05. The van der Waals surface area contributed by atoms with Gasteiger partial charge in [-0.15, -0.1) is 11.3 Å². The van der Waals surface area contributed by atoms with Crippen molar-refractivity contribution in [2.24, 2.45) is 0 Å². The van der Waals surface area contributed by atoms with Crippen molar-refractivity contribution in [3.63, 3.8) is 0 Å². The number of carbonyl (C=O) groups excluding carboxylic acids is 1. The summed E-state index contributed by atoms with van der Waals surface area (Å²) in [4.78, 5) is 22.1. The van der Waals surface area contributed by atoms with E-state index < -0.39 is 0 Å². The Balaban J connectivity index is 1.74. The number of amides is 1. The average molecular weight is 302 g/mol. The van der Waals surface area contributed by atoms with Crippen LogP contribution >= 0.6 is 11.3 Å². The predicted octanol–water partition coefficient (Wildman–Crippen LogP) is 2.78. The molecule has 0 spiro atoms. The van der Waals surface area contributed by atoms with E-state index in [-0.39, 0.29) is 11.9 Å². The number of thiophene rings is 1. The fraction of sp³-hybridized carbons (Fsp3) is 0.400. The Morgan fingerprint density at radius 1 is 1.48 bits per heavy atom. The molecule has 1 aliphatic rings. The molecule has 2 heterocycles. The van der Waals surface area contributed by atoms with Crippen molar-refractivity contribution in [1.82, 2.24) is 15.3 Å². The lowest BCUT2D eigenvalue weighted by Gasteiger charge is -2.23. The van der Waals surface area contributed by atoms with Crippen molar-refractivity contribution in [3.8, 4) is 0 Å². The van der Waals surface area contributed by atoms with E-state index >= 15 is 0 Å². The molecule has 2 aromatic heterocycles. The number of rotatable bonds is 4. The molecule has 2 N–H and O–H groups in total. The predicted molar refractivity (Wildman–Crippen MR) is 83.7 cm³/mol. The molecule has 0 fully saturated rings. The Kier molecular flexibility index (Phi) is 4.15. The van der Waals surface area contributed by atoms with Gasteiger partial charge in [-0.1, -0.05) is 0 Å². The maximum absolute atomic E-state index is 12.4. The summed E-state index contributed by atoms with van der Waals surface area (Å²) in [7, 11) is 0. The third-order valence-corrected chi connectivity index (χ3v) is 4.58. The molecule has 0 saturated heterocycles. The summed E-state index contributed by atoms with van der Waals surface area (Å²) >= 11 is 1.77. The van der Waals surface area contributed by atoms with Crippen LogP contribution in [-0.2, 0) is 6.42 Å². The molecule has 3 rings (SSSR count).